The van der Waals surface area contributed by atoms with Gasteiger partial charge in [0.25, 0.3) is 0 Å². The zero-order chi connectivity index (χ0) is 21.0. The molecule has 0 radical (unpaired) electrons. The summed E-state index contributed by atoms with van der Waals surface area (Å²) in [6.07, 6.45) is 7.03. The van der Waals surface area contributed by atoms with E-state index >= 15 is 0 Å². The summed E-state index contributed by atoms with van der Waals surface area (Å²) in [6.45, 7) is 7.33. The number of hydrogen-bond donors (Lipinski definition) is 2. The lowest BCUT2D eigenvalue weighted by Crippen LogP contribution is -2.49. The van der Waals surface area contributed by atoms with Crippen LogP contribution in [0.4, 0.5) is 0 Å². The van der Waals surface area contributed by atoms with Crippen molar-refractivity contribution in [1.82, 2.24) is 15.5 Å². The van der Waals surface area contributed by atoms with Crippen LogP contribution >= 0.6 is 24.0 Å². The number of benzene rings is 1. The first-order chi connectivity index (χ1) is 14.8. The van der Waals surface area contributed by atoms with Crippen LogP contribution in [0.5, 0.6) is 5.75 Å². The Morgan fingerprint density at radius 3 is 2.58 bits per heavy atom. The van der Waals surface area contributed by atoms with Gasteiger partial charge in [-0.1, -0.05) is 19.1 Å². The molecule has 0 unspecified atom stereocenters. The van der Waals surface area contributed by atoms with Crippen molar-refractivity contribution < 1.29 is 9.15 Å². The predicted octanol–water partition coefficient (Wildman–Crippen LogP) is 4.10. The van der Waals surface area contributed by atoms with Gasteiger partial charge in [0.05, 0.1) is 13.4 Å². The van der Waals surface area contributed by atoms with Crippen LogP contribution in [-0.2, 0) is 12.8 Å². The Morgan fingerprint density at radius 2 is 1.94 bits per heavy atom. The molecule has 31 heavy (non-hydrogen) atoms. The number of halogens is 1. The number of furan rings is 1. The van der Waals surface area contributed by atoms with Gasteiger partial charge in [0, 0.05) is 38.6 Å². The molecule has 3 rings (SSSR count). The Labute approximate surface area is 203 Å². The minimum atomic E-state index is 0. The number of hydrogen-bond acceptors (Lipinski definition) is 4. The first-order valence-electron chi connectivity index (χ1n) is 11.2. The fourth-order valence-electron chi connectivity index (χ4n) is 3.81. The van der Waals surface area contributed by atoms with E-state index in [2.05, 4.69) is 34.6 Å². The van der Waals surface area contributed by atoms with Gasteiger partial charge in [-0.15, -0.1) is 24.0 Å². The van der Waals surface area contributed by atoms with Crippen molar-refractivity contribution in [3.05, 3.63) is 54.0 Å². The Hall–Kier alpha value is -1.74. The summed E-state index contributed by atoms with van der Waals surface area (Å²) in [4.78, 5) is 7.37. The average Bonchev–Trinajstić information content (AvgIpc) is 3.29. The van der Waals surface area contributed by atoms with Crippen LogP contribution in [-0.4, -0.2) is 56.7 Å². The van der Waals surface area contributed by atoms with E-state index in [0.29, 0.717) is 12.6 Å². The first kappa shape index (κ1) is 25.5. The largest absolute Gasteiger partial charge is 0.497 e. The molecule has 1 saturated heterocycles. The second-order valence-corrected chi connectivity index (χ2v) is 7.84. The maximum atomic E-state index is 5.43. The molecule has 1 aliphatic rings. The summed E-state index contributed by atoms with van der Waals surface area (Å²) in [6, 6.07) is 12.7. The molecule has 1 aromatic carbocycles. The standard InChI is InChI=1S/C24H36N4O2.HI/c1-3-16-28-17-12-21(13-18-28)27-24(26-15-11-23-5-4-19-30-23)25-14-10-20-6-8-22(29-2)9-7-20;/h4-9,19,21H,3,10-18H2,1-2H3,(H2,25,26,27);1H. The zero-order valence-corrected chi connectivity index (χ0v) is 21.1. The van der Waals surface area contributed by atoms with Gasteiger partial charge in [-0.25, -0.2) is 0 Å². The van der Waals surface area contributed by atoms with Gasteiger partial charge in [-0.2, -0.15) is 0 Å². The van der Waals surface area contributed by atoms with Gasteiger partial charge in [-0.3, -0.25) is 4.99 Å². The summed E-state index contributed by atoms with van der Waals surface area (Å²) in [5.41, 5.74) is 1.28. The molecule has 2 N–H and O–H groups in total. The van der Waals surface area contributed by atoms with Crippen LogP contribution in [0.15, 0.2) is 52.1 Å². The Morgan fingerprint density at radius 1 is 1.16 bits per heavy atom. The second kappa shape index (κ2) is 14.3. The molecule has 1 aliphatic heterocycles. The van der Waals surface area contributed by atoms with E-state index in [0.717, 1.165) is 62.8 Å². The van der Waals surface area contributed by atoms with E-state index in [-0.39, 0.29) is 24.0 Å². The topological polar surface area (TPSA) is 62.0 Å². The van der Waals surface area contributed by atoms with Gasteiger partial charge in [0.2, 0.25) is 0 Å². The Bertz CT molecular complexity index is 741. The third kappa shape index (κ3) is 9.11. The van der Waals surface area contributed by atoms with Gasteiger partial charge in [0.15, 0.2) is 5.96 Å². The van der Waals surface area contributed by atoms with Crippen LogP contribution in [0, 0.1) is 0 Å². The molecule has 1 aromatic heterocycles. The van der Waals surface area contributed by atoms with Crippen molar-refractivity contribution in [2.75, 3.05) is 39.8 Å². The Balaban J connectivity index is 0.00000341. The normalized spacial score (nSPS) is 15.4. The molecule has 2 heterocycles. The molecular weight excluding hydrogens is 503 g/mol. The first-order valence-corrected chi connectivity index (χ1v) is 11.2. The lowest BCUT2D eigenvalue weighted by atomic mass is 10.1. The predicted molar refractivity (Wildman–Crippen MR) is 138 cm³/mol. The molecule has 0 saturated carbocycles. The van der Waals surface area contributed by atoms with Crippen LogP contribution < -0.4 is 15.4 Å². The molecule has 0 bridgehead atoms. The number of nitrogens with one attached hydrogen (secondary N) is 2. The van der Waals surface area contributed by atoms with Crippen molar-refractivity contribution in [3.63, 3.8) is 0 Å². The van der Waals surface area contributed by atoms with Crippen molar-refractivity contribution in [2.45, 2.75) is 45.1 Å². The maximum Gasteiger partial charge on any atom is 0.191 e. The lowest BCUT2D eigenvalue weighted by Gasteiger charge is -2.32. The lowest BCUT2D eigenvalue weighted by molar-refractivity contribution is 0.206. The monoisotopic (exact) mass is 540 g/mol. The molecule has 0 amide bonds. The van der Waals surface area contributed by atoms with Gasteiger partial charge in [-0.05, 0) is 62.1 Å². The number of guanidine groups is 1. The molecule has 0 aliphatic carbocycles. The van der Waals surface area contributed by atoms with Gasteiger partial charge in [0.1, 0.15) is 11.5 Å². The number of ether oxygens (including phenoxy) is 1. The smallest absolute Gasteiger partial charge is 0.191 e. The van der Waals surface area contributed by atoms with Crippen molar-refractivity contribution in [2.24, 2.45) is 4.99 Å². The molecular formula is C24H37IN4O2. The maximum absolute atomic E-state index is 5.43. The number of likely N-dealkylation sites (tertiary alicyclic amines) is 1. The third-order valence-corrected chi connectivity index (χ3v) is 5.54. The number of methoxy groups -OCH3 is 1. The average molecular weight is 540 g/mol. The molecule has 6 nitrogen and oxygen atoms in total. The van der Waals surface area contributed by atoms with E-state index in [4.69, 9.17) is 14.1 Å². The summed E-state index contributed by atoms with van der Waals surface area (Å²) in [5, 5.41) is 7.19. The minimum absolute atomic E-state index is 0. The molecule has 172 valence electrons. The number of rotatable bonds is 10. The zero-order valence-electron chi connectivity index (χ0n) is 18.8. The van der Waals surface area contributed by atoms with Crippen LogP contribution in [0.25, 0.3) is 0 Å². The minimum Gasteiger partial charge on any atom is -0.497 e. The van der Waals surface area contributed by atoms with Crippen molar-refractivity contribution in [3.8, 4) is 5.75 Å². The van der Waals surface area contributed by atoms with E-state index in [1.165, 1.54) is 18.5 Å². The highest BCUT2D eigenvalue weighted by Crippen LogP contribution is 2.12. The van der Waals surface area contributed by atoms with E-state index in [1.54, 1.807) is 13.4 Å². The summed E-state index contributed by atoms with van der Waals surface area (Å²) < 4.78 is 10.7. The van der Waals surface area contributed by atoms with Crippen LogP contribution in [0.1, 0.15) is 37.5 Å². The van der Waals surface area contributed by atoms with Crippen molar-refractivity contribution >= 4 is 29.9 Å². The molecule has 0 spiro atoms. The van der Waals surface area contributed by atoms with E-state index in [1.807, 2.05) is 24.3 Å². The highest BCUT2D eigenvalue weighted by atomic mass is 127. The molecule has 0 atom stereocenters. The SMILES string of the molecule is CCCN1CCC(NC(=NCCc2ccco2)NCCc2ccc(OC)cc2)CC1.I. The van der Waals surface area contributed by atoms with Gasteiger partial charge < -0.3 is 24.7 Å². The Kier molecular flexibility index (Phi) is 11.8. The summed E-state index contributed by atoms with van der Waals surface area (Å²) >= 11 is 0. The quantitative estimate of drug-likeness (QED) is 0.270. The van der Waals surface area contributed by atoms with Crippen LogP contribution in [0.2, 0.25) is 0 Å². The fourth-order valence-corrected chi connectivity index (χ4v) is 3.81. The third-order valence-electron chi connectivity index (χ3n) is 5.54. The van der Waals surface area contributed by atoms with E-state index < -0.39 is 0 Å². The number of aliphatic imine (C=N–C) groups is 1. The van der Waals surface area contributed by atoms with E-state index in [9.17, 15) is 0 Å². The molecule has 2 aromatic rings. The second-order valence-electron chi connectivity index (χ2n) is 7.84. The fraction of sp³-hybridized carbons (Fsp3) is 0.542. The molecule has 7 heteroatoms. The highest BCUT2D eigenvalue weighted by Gasteiger charge is 2.19. The molecule has 1 fully saturated rings. The number of piperidine rings is 1. The summed E-state index contributed by atoms with van der Waals surface area (Å²) in [7, 11) is 1.69. The summed E-state index contributed by atoms with van der Waals surface area (Å²) in [5.74, 6) is 2.77. The number of nitrogens with zero attached hydrogens (tertiary/aromatic N) is 2. The highest BCUT2D eigenvalue weighted by molar-refractivity contribution is 14.0. The van der Waals surface area contributed by atoms with Gasteiger partial charge >= 0.3 is 0 Å². The van der Waals surface area contributed by atoms with Crippen LogP contribution in [0.3, 0.4) is 0 Å². The van der Waals surface area contributed by atoms with Crippen molar-refractivity contribution in [1.29, 1.82) is 0 Å².